The van der Waals surface area contributed by atoms with Gasteiger partial charge in [0.1, 0.15) is 0 Å². The van der Waals surface area contributed by atoms with E-state index in [1.807, 2.05) is 11.0 Å². The van der Waals surface area contributed by atoms with E-state index in [1.54, 1.807) is 20.9 Å². The van der Waals surface area contributed by atoms with E-state index in [-0.39, 0.29) is 5.75 Å². The lowest BCUT2D eigenvalue weighted by Crippen LogP contribution is -2.57. The van der Waals surface area contributed by atoms with Crippen LogP contribution in [0.2, 0.25) is 0 Å². The lowest BCUT2D eigenvalue weighted by Gasteiger charge is -2.39. The van der Waals surface area contributed by atoms with Gasteiger partial charge in [-0.1, -0.05) is 30.3 Å². The first-order chi connectivity index (χ1) is 10.9. The summed E-state index contributed by atoms with van der Waals surface area (Å²) in [5.74, 6) is 0.978. The smallest absolute Gasteiger partial charge is 0.193 e. The van der Waals surface area contributed by atoms with Crippen LogP contribution in [0, 0.1) is 0 Å². The maximum atomic E-state index is 12.1. The van der Waals surface area contributed by atoms with Gasteiger partial charge in [-0.15, -0.1) is 0 Å². The van der Waals surface area contributed by atoms with Crippen molar-refractivity contribution in [3.63, 3.8) is 0 Å². The molecule has 0 aromatic heterocycles. The van der Waals surface area contributed by atoms with Crippen LogP contribution in [0.3, 0.4) is 0 Å². The van der Waals surface area contributed by atoms with Crippen LogP contribution in [0.5, 0.6) is 0 Å². The zero-order valence-corrected chi connectivity index (χ0v) is 15.1. The first-order valence-corrected chi connectivity index (χ1v) is 9.73. The van der Waals surface area contributed by atoms with Crippen LogP contribution < -0.4 is 5.32 Å². The van der Waals surface area contributed by atoms with Crippen molar-refractivity contribution in [2.75, 3.05) is 32.4 Å². The number of guanidine groups is 1. The molecule has 0 radical (unpaired) electrons. The summed E-state index contributed by atoms with van der Waals surface area (Å²) in [6, 6.07) is 10.4. The number of aryl methyl sites for hydroxylation is 1. The van der Waals surface area contributed by atoms with Crippen molar-refractivity contribution >= 4 is 15.8 Å². The van der Waals surface area contributed by atoms with Gasteiger partial charge >= 0.3 is 0 Å². The van der Waals surface area contributed by atoms with Gasteiger partial charge in [0, 0.05) is 26.7 Å². The van der Waals surface area contributed by atoms with Crippen LogP contribution in [0.1, 0.15) is 25.8 Å². The van der Waals surface area contributed by atoms with Crippen LogP contribution >= 0.6 is 0 Å². The van der Waals surface area contributed by atoms with Gasteiger partial charge in [-0.05, 0) is 32.3 Å². The number of nitrogens with zero attached hydrogens (tertiary/aromatic N) is 2. The van der Waals surface area contributed by atoms with Crippen molar-refractivity contribution in [1.29, 1.82) is 0 Å². The molecule has 1 N–H and O–H groups in total. The third-order valence-electron chi connectivity index (χ3n) is 4.32. The van der Waals surface area contributed by atoms with Gasteiger partial charge in [-0.3, -0.25) is 4.99 Å². The molecular weight excluding hydrogens is 310 g/mol. The number of sulfone groups is 1. The number of hydrogen-bond donors (Lipinski definition) is 1. The van der Waals surface area contributed by atoms with E-state index in [9.17, 15) is 8.42 Å². The van der Waals surface area contributed by atoms with Crippen LogP contribution in [-0.2, 0) is 16.3 Å². The molecule has 1 heterocycles. The molecular formula is C17H27N3O2S. The number of rotatable bonds is 4. The average molecular weight is 337 g/mol. The van der Waals surface area contributed by atoms with E-state index in [0.29, 0.717) is 13.1 Å². The molecule has 128 valence electrons. The van der Waals surface area contributed by atoms with Crippen LogP contribution in [0.15, 0.2) is 35.3 Å². The number of aliphatic imine (C=N–C) groups is 1. The summed E-state index contributed by atoms with van der Waals surface area (Å²) in [6.45, 7) is 5.39. The molecule has 1 fully saturated rings. The topological polar surface area (TPSA) is 61.8 Å². The normalized spacial score (nSPS) is 20.3. The molecule has 0 atom stereocenters. The van der Waals surface area contributed by atoms with Crippen molar-refractivity contribution < 1.29 is 8.42 Å². The molecule has 0 spiro atoms. The molecule has 1 aromatic rings. The van der Waals surface area contributed by atoms with Crippen LogP contribution in [-0.4, -0.2) is 56.5 Å². The summed E-state index contributed by atoms with van der Waals surface area (Å²) in [4.78, 5) is 6.35. The standard InChI is InChI=1S/C17H27N3O2S/c1-17(2)14-20(12-13-23(17,21)22)16(18-3)19-11-7-10-15-8-5-4-6-9-15/h4-6,8-9H,7,10-14H2,1-3H3,(H,18,19). The Labute approximate surface area is 139 Å². The van der Waals surface area contributed by atoms with E-state index >= 15 is 0 Å². The lowest BCUT2D eigenvalue weighted by atomic mass is 10.1. The molecule has 0 bridgehead atoms. The molecule has 0 aliphatic carbocycles. The van der Waals surface area contributed by atoms with Gasteiger partial charge < -0.3 is 10.2 Å². The molecule has 1 aliphatic rings. The minimum atomic E-state index is -3.02. The zero-order chi connectivity index (χ0) is 16.9. The summed E-state index contributed by atoms with van der Waals surface area (Å²) in [5.41, 5.74) is 1.33. The maximum absolute atomic E-state index is 12.1. The molecule has 5 nitrogen and oxygen atoms in total. The fourth-order valence-corrected chi connectivity index (χ4v) is 4.16. The first kappa shape index (κ1) is 17.8. The highest BCUT2D eigenvalue weighted by molar-refractivity contribution is 7.92. The highest BCUT2D eigenvalue weighted by atomic mass is 32.2. The van der Waals surface area contributed by atoms with Crippen molar-refractivity contribution in [3.8, 4) is 0 Å². The molecule has 1 aromatic carbocycles. The van der Waals surface area contributed by atoms with Gasteiger partial charge in [0.05, 0.1) is 10.5 Å². The maximum Gasteiger partial charge on any atom is 0.193 e. The molecule has 1 aliphatic heterocycles. The second kappa shape index (κ2) is 7.34. The average Bonchev–Trinajstić information content (AvgIpc) is 2.51. The van der Waals surface area contributed by atoms with E-state index in [2.05, 4.69) is 34.6 Å². The molecule has 0 saturated carbocycles. The van der Waals surface area contributed by atoms with E-state index in [1.165, 1.54) is 5.56 Å². The van der Waals surface area contributed by atoms with Gasteiger partial charge in [0.2, 0.25) is 0 Å². The second-order valence-electron chi connectivity index (χ2n) is 6.56. The zero-order valence-electron chi connectivity index (χ0n) is 14.2. The summed E-state index contributed by atoms with van der Waals surface area (Å²) in [5, 5.41) is 3.36. The Hall–Kier alpha value is -1.56. The Morgan fingerprint density at radius 3 is 2.61 bits per heavy atom. The quantitative estimate of drug-likeness (QED) is 0.516. The second-order valence-corrected chi connectivity index (χ2v) is 9.31. The van der Waals surface area contributed by atoms with E-state index in [0.717, 1.165) is 25.3 Å². The van der Waals surface area contributed by atoms with Crippen LogP contribution in [0.25, 0.3) is 0 Å². The number of nitrogens with one attached hydrogen (secondary N) is 1. The van der Waals surface area contributed by atoms with Gasteiger partial charge in [0.15, 0.2) is 15.8 Å². The number of hydrogen-bond acceptors (Lipinski definition) is 3. The van der Waals surface area contributed by atoms with Crippen molar-refractivity contribution in [2.24, 2.45) is 4.99 Å². The van der Waals surface area contributed by atoms with Gasteiger partial charge in [0.25, 0.3) is 0 Å². The molecule has 23 heavy (non-hydrogen) atoms. The Morgan fingerprint density at radius 2 is 2.00 bits per heavy atom. The summed E-state index contributed by atoms with van der Waals surface area (Å²) >= 11 is 0. The summed E-state index contributed by atoms with van der Waals surface area (Å²) in [7, 11) is -1.28. The third kappa shape index (κ3) is 4.47. The van der Waals surface area contributed by atoms with Crippen molar-refractivity contribution in [1.82, 2.24) is 10.2 Å². The molecule has 0 amide bonds. The Kier molecular flexibility index (Phi) is 5.68. The van der Waals surface area contributed by atoms with E-state index < -0.39 is 14.6 Å². The fourth-order valence-electron chi connectivity index (χ4n) is 2.79. The third-order valence-corrected chi connectivity index (χ3v) is 6.86. The minimum absolute atomic E-state index is 0.185. The molecule has 0 unspecified atom stereocenters. The SMILES string of the molecule is CN=C(NCCCc1ccccc1)N1CCS(=O)(=O)C(C)(C)C1. The monoisotopic (exact) mass is 337 g/mol. The summed E-state index contributed by atoms with van der Waals surface area (Å²) < 4.78 is 23.5. The largest absolute Gasteiger partial charge is 0.356 e. The fraction of sp³-hybridized carbons (Fsp3) is 0.588. The lowest BCUT2D eigenvalue weighted by molar-refractivity contribution is 0.353. The molecule has 1 saturated heterocycles. The predicted octanol–water partition coefficient (Wildman–Crippen LogP) is 1.70. The molecule has 2 rings (SSSR count). The Balaban J connectivity index is 1.84. The van der Waals surface area contributed by atoms with Gasteiger partial charge in [-0.25, -0.2) is 8.42 Å². The highest BCUT2D eigenvalue weighted by Crippen LogP contribution is 2.23. The molecule has 6 heteroatoms. The predicted molar refractivity (Wildman–Crippen MR) is 95.6 cm³/mol. The van der Waals surface area contributed by atoms with Crippen molar-refractivity contribution in [2.45, 2.75) is 31.4 Å². The highest BCUT2D eigenvalue weighted by Gasteiger charge is 2.40. The van der Waals surface area contributed by atoms with Crippen LogP contribution in [0.4, 0.5) is 0 Å². The van der Waals surface area contributed by atoms with E-state index in [4.69, 9.17) is 0 Å². The minimum Gasteiger partial charge on any atom is -0.356 e. The summed E-state index contributed by atoms with van der Waals surface area (Å²) in [6.07, 6.45) is 2.03. The Morgan fingerprint density at radius 1 is 1.30 bits per heavy atom. The first-order valence-electron chi connectivity index (χ1n) is 8.07. The number of benzene rings is 1. The van der Waals surface area contributed by atoms with Gasteiger partial charge in [-0.2, -0.15) is 0 Å². The Bertz CT molecular complexity index is 639. The van der Waals surface area contributed by atoms with Crippen molar-refractivity contribution in [3.05, 3.63) is 35.9 Å².